The van der Waals surface area contributed by atoms with Crippen LogP contribution in [0.1, 0.15) is 11.1 Å². The van der Waals surface area contributed by atoms with E-state index in [-0.39, 0.29) is 5.88 Å². The Kier molecular flexibility index (Phi) is 5.05. The van der Waals surface area contributed by atoms with Crippen molar-refractivity contribution in [2.24, 2.45) is 0 Å². The molecule has 2 aromatic carbocycles. The Labute approximate surface area is 125 Å². The van der Waals surface area contributed by atoms with Gasteiger partial charge in [-0.3, -0.25) is 0 Å². The van der Waals surface area contributed by atoms with Crippen LogP contribution in [0.4, 0.5) is 5.69 Å². The molecular weight excluding hydrogens is 270 g/mol. The van der Waals surface area contributed by atoms with Gasteiger partial charge in [0.1, 0.15) is 0 Å². The minimum atomic E-state index is -0.526. The summed E-state index contributed by atoms with van der Waals surface area (Å²) in [6, 6.07) is 14.7. The van der Waals surface area contributed by atoms with Crippen LogP contribution in [-0.4, -0.2) is 23.6 Å². The SMILES string of the molecule is Cc1cc(C)cc(-c2cccc(NCC(O)CCl)c2)c1. The quantitative estimate of drug-likeness (QED) is 0.816. The highest BCUT2D eigenvalue weighted by Crippen LogP contribution is 2.24. The lowest BCUT2D eigenvalue weighted by Gasteiger charge is -2.12. The first-order valence-corrected chi connectivity index (χ1v) is 7.28. The molecule has 1 unspecified atom stereocenters. The topological polar surface area (TPSA) is 32.3 Å². The Bertz CT molecular complexity index is 563. The summed E-state index contributed by atoms with van der Waals surface area (Å²) >= 11 is 5.59. The lowest BCUT2D eigenvalue weighted by Crippen LogP contribution is -2.20. The van der Waals surface area contributed by atoms with E-state index in [1.807, 2.05) is 12.1 Å². The smallest absolute Gasteiger partial charge is 0.0847 e. The van der Waals surface area contributed by atoms with Gasteiger partial charge in [0.15, 0.2) is 0 Å². The summed E-state index contributed by atoms with van der Waals surface area (Å²) in [4.78, 5) is 0. The van der Waals surface area contributed by atoms with Gasteiger partial charge in [-0.15, -0.1) is 11.6 Å². The molecule has 0 saturated heterocycles. The molecule has 0 aliphatic carbocycles. The van der Waals surface area contributed by atoms with Gasteiger partial charge in [-0.05, 0) is 37.1 Å². The molecule has 0 radical (unpaired) electrons. The molecule has 0 aliphatic rings. The van der Waals surface area contributed by atoms with Crippen LogP contribution >= 0.6 is 11.6 Å². The highest BCUT2D eigenvalue weighted by Gasteiger charge is 2.04. The molecule has 2 rings (SSSR count). The second kappa shape index (κ2) is 6.78. The summed E-state index contributed by atoms with van der Waals surface area (Å²) in [6.45, 7) is 4.67. The molecule has 0 aliphatic heterocycles. The van der Waals surface area contributed by atoms with Crippen molar-refractivity contribution in [1.82, 2.24) is 0 Å². The van der Waals surface area contributed by atoms with E-state index >= 15 is 0 Å². The lowest BCUT2D eigenvalue weighted by molar-refractivity contribution is 0.211. The van der Waals surface area contributed by atoms with Crippen LogP contribution in [0.25, 0.3) is 11.1 Å². The van der Waals surface area contributed by atoms with Gasteiger partial charge in [-0.1, -0.05) is 41.5 Å². The van der Waals surface area contributed by atoms with Crippen molar-refractivity contribution < 1.29 is 5.11 Å². The Morgan fingerprint density at radius 3 is 2.40 bits per heavy atom. The molecule has 3 heteroatoms. The van der Waals surface area contributed by atoms with E-state index in [1.54, 1.807) is 0 Å². The summed E-state index contributed by atoms with van der Waals surface area (Å²) in [5.74, 6) is 0.240. The molecule has 0 amide bonds. The number of alkyl halides is 1. The molecule has 106 valence electrons. The molecular formula is C17H20ClNO. The molecule has 20 heavy (non-hydrogen) atoms. The molecule has 2 aromatic rings. The van der Waals surface area contributed by atoms with Crippen molar-refractivity contribution >= 4 is 17.3 Å². The predicted octanol–water partition coefficient (Wildman–Crippen LogP) is 3.98. The summed E-state index contributed by atoms with van der Waals surface area (Å²) < 4.78 is 0. The van der Waals surface area contributed by atoms with Crippen molar-refractivity contribution in [1.29, 1.82) is 0 Å². The molecule has 0 aromatic heterocycles. The minimum absolute atomic E-state index is 0.240. The van der Waals surface area contributed by atoms with E-state index in [9.17, 15) is 5.11 Å². The maximum absolute atomic E-state index is 9.48. The van der Waals surface area contributed by atoms with Crippen molar-refractivity contribution in [2.45, 2.75) is 20.0 Å². The van der Waals surface area contributed by atoms with Gasteiger partial charge in [-0.2, -0.15) is 0 Å². The van der Waals surface area contributed by atoms with Gasteiger partial charge < -0.3 is 10.4 Å². The molecule has 2 nitrogen and oxygen atoms in total. The molecule has 0 fully saturated rings. The third-order valence-electron chi connectivity index (χ3n) is 3.14. The van der Waals surface area contributed by atoms with Crippen LogP contribution in [0, 0.1) is 13.8 Å². The summed E-state index contributed by atoms with van der Waals surface area (Å²) in [7, 11) is 0. The number of aliphatic hydroxyl groups excluding tert-OH is 1. The number of hydrogen-bond acceptors (Lipinski definition) is 2. The van der Waals surface area contributed by atoms with Crippen LogP contribution in [0.15, 0.2) is 42.5 Å². The number of aryl methyl sites for hydroxylation is 2. The minimum Gasteiger partial charge on any atom is -0.390 e. The van der Waals surface area contributed by atoms with Crippen LogP contribution in [0.5, 0.6) is 0 Å². The zero-order chi connectivity index (χ0) is 14.5. The van der Waals surface area contributed by atoms with Crippen LogP contribution in [0.2, 0.25) is 0 Å². The average Bonchev–Trinajstić information content (AvgIpc) is 2.44. The number of halogens is 1. The zero-order valence-corrected chi connectivity index (χ0v) is 12.6. The van der Waals surface area contributed by atoms with E-state index < -0.39 is 6.10 Å². The molecule has 0 bridgehead atoms. The standard InChI is InChI=1S/C17H20ClNO/c1-12-6-13(2)8-15(7-12)14-4-3-5-16(9-14)19-11-17(20)10-18/h3-9,17,19-20H,10-11H2,1-2H3. The van der Waals surface area contributed by atoms with Crippen molar-refractivity contribution in [3.05, 3.63) is 53.6 Å². The lowest BCUT2D eigenvalue weighted by atomic mass is 10.0. The first-order chi connectivity index (χ1) is 9.58. The Morgan fingerprint density at radius 2 is 1.75 bits per heavy atom. The predicted molar refractivity (Wildman–Crippen MR) is 86.6 cm³/mol. The maximum Gasteiger partial charge on any atom is 0.0847 e. The van der Waals surface area contributed by atoms with E-state index in [1.165, 1.54) is 22.3 Å². The second-order valence-electron chi connectivity index (χ2n) is 5.15. The zero-order valence-electron chi connectivity index (χ0n) is 11.9. The van der Waals surface area contributed by atoms with E-state index in [2.05, 4.69) is 49.5 Å². The maximum atomic E-state index is 9.48. The second-order valence-corrected chi connectivity index (χ2v) is 5.45. The highest BCUT2D eigenvalue weighted by atomic mass is 35.5. The van der Waals surface area contributed by atoms with E-state index in [0.29, 0.717) is 6.54 Å². The first kappa shape index (κ1) is 14.9. The fourth-order valence-electron chi connectivity index (χ4n) is 2.24. The third-order valence-corrected chi connectivity index (χ3v) is 3.49. The number of aliphatic hydroxyl groups is 1. The van der Waals surface area contributed by atoms with Gasteiger partial charge in [0.05, 0.1) is 12.0 Å². The van der Waals surface area contributed by atoms with Gasteiger partial charge in [0, 0.05) is 12.2 Å². The third kappa shape index (κ3) is 3.99. The van der Waals surface area contributed by atoms with E-state index in [0.717, 1.165) is 5.69 Å². The fraction of sp³-hybridized carbons (Fsp3) is 0.294. The Hall–Kier alpha value is -1.51. The van der Waals surface area contributed by atoms with Gasteiger partial charge >= 0.3 is 0 Å². The average molecular weight is 290 g/mol. The number of anilines is 1. The van der Waals surface area contributed by atoms with Crippen LogP contribution in [-0.2, 0) is 0 Å². The number of hydrogen-bond donors (Lipinski definition) is 2. The van der Waals surface area contributed by atoms with Crippen molar-refractivity contribution in [2.75, 3.05) is 17.7 Å². The molecule has 0 saturated carbocycles. The summed E-state index contributed by atoms with van der Waals surface area (Å²) in [6.07, 6.45) is -0.526. The molecule has 0 spiro atoms. The fourth-order valence-corrected chi connectivity index (χ4v) is 2.35. The van der Waals surface area contributed by atoms with Gasteiger partial charge in [-0.25, -0.2) is 0 Å². The number of nitrogens with one attached hydrogen (secondary N) is 1. The molecule has 2 N–H and O–H groups in total. The van der Waals surface area contributed by atoms with Crippen LogP contribution in [0.3, 0.4) is 0 Å². The normalized spacial score (nSPS) is 12.2. The largest absolute Gasteiger partial charge is 0.390 e. The first-order valence-electron chi connectivity index (χ1n) is 6.75. The monoisotopic (exact) mass is 289 g/mol. The van der Waals surface area contributed by atoms with E-state index in [4.69, 9.17) is 11.6 Å². The number of benzene rings is 2. The van der Waals surface area contributed by atoms with Crippen LogP contribution < -0.4 is 5.32 Å². The summed E-state index contributed by atoms with van der Waals surface area (Å²) in [5, 5.41) is 12.7. The van der Waals surface area contributed by atoms with Crippen molar-refractivity contribution in [3.8, 4) is 11.1 Å². The van der Waals surface area contributed by atoms with Gasteiger partial charge in [0.2, 0.25) is 0 Å². The molecule has 1 atom stereocenters. The van der Waals surface area contributed by atoms with Crippen molar-refractivity contribution in [3.63, 3.8) is 0 Å². The molecule has 0 heterocycles. The van der Waals surface area contributed by atoms with Gasteiger partial charge in [0.25, 0.3) is 0 Å². The Morgan fingerprint density at radius 1 is 1.05 bits per heavy atom. The Balaban J connectivity index is 2.20. The summed E-state index contributed by atoms with van der Waals surface area (Å²) in [5.41, 5.74) is 5.89. The highest BCUT2D eigenvalue weighted by molar-refractivity contribution is 6.18. The number of rotatable bonds is 5.